The van der Waals surface area contributed by atoms with Crippen LogP contribution in [0, 0.1) is 6.92 Å². The van der Waals surface area contributed by atoms with Gasteiger partial charge in [-0.3, -0.25) is 4.98 Å². The maximum atomic E-state index is 4.57. The molecule has 2 aromatic heterocycles. The zero-order valence-corrected chi connectivity index (χ0v) is 11.6. The number of imidazole rings is 1. The Bertz CT molecular complexity index is 689. The van der Waals surface area contributed by atoms with Crippen molar-refractivity contribution >= 4 is 10.9 Å². The van der Waals surface area contributed by atoms with Crippen LogP contribution in [-0.2, 0) is 13.1 Å². The van der Waals surface area contributed by atoms with E-state index < -0.39 is 0 Å². The Morgan fingerprint density at radius 1 is 1.25 bits per heavy atom. The van der Waals surface area contributed by atoms with Crippen molar-refractivity contribution in [3.8, 4) is 0 Å². The average molecular weight is 266 g/mol. The molecule has 0 aliphatic rings. The van der Waals surface area contributed by atoms with Gasteiger partial charge in [-0.15, -0.1) is 0 Å². The van der Waals surface area contributed by atoms with Crippen LogP contribution in [0.15, 0.2) is 49.1 Å². The van der Waals surface area contributed by atoms with Gasteiger partial charge in [0.1, 0.15) is 0 Å². The van der Waals surface area contributed by atoms with Gasteiger partial charge < -0.3 is 9.88 Å². The van der Waals surface area contributed by atoms with E-state index in [4.69, 9.17) is 0 Å². The average Bonchev–Trinajstić information content (AvgIpc) is 2.96. The molecule has 0 unspecified atom stereocenters. The second-order valence-electron chi connectivity index (χ2n) is 4.92. The van der Waals surface area contributed by atoms with Gasteiger partial charge in [0.15, 0.2) is 0 Å². The highest BCUT2D eigenvalue weighted by Gasteiger charge is 2.03. The number of para-hydroxylation sites is 1. The summed E-state index contributed by atoms with van der Waals surface area (Å²) in [7, 11) is 0. The Balaban J connectivity index is 1.68. The molecule has 102 valence electrons. The smallest absolute Gasteiger partial charge is 0.0946 e. The van der Waals surface area contributed by atoms with Crippen LogP contribution >= 0.6 is 0 Å². The van der Waals surface area contributed by atoms with Crippen LogP contribution in [0.1, 0.15) is 11.3 Å². The topological polar surface area (TPSA) is 42.7 Å². The molecule has 0 radical (unpaired) electrons. The van der Waals surface area contributed by atoms with Gasteiger partial charge >= 0.3 is 0 Å². The third-order valence-corrected chi connectivity index (χ3v) is 3.35. The first-order chi connectivity index (χ1) is 9.83. The summed E-state index contributed by atoms with van der Waals surface area (Å²) in [5.74, 6) is 0. The Kier molecular flexibility index (Phi) is 3.74. The van der Waals surface area contributed by atoms with Gasteiger partial charge in [0, 0.05) is 43.1 Å². The Labute approximate surface area is 118 Å². The van der Waals surface area contributed by atoms with Crippen molar-refractivity contribution in [2.45, 2.75) is 20.0 Å². The molecule has 0 saturated carbocycles. The number of aromatic nitrogens is 3. The summed E-state index contributed by atoms with van der Waals surface area (Å²) in [6.45, 7) is 4.76. The van der Waals surface area contributed by atoms with E-state index in [0.717, 1.165) is 30.8 Å². The molecule has 0 saturated heterocycles. The van der Waals surface area contributed by atoms with E-state index in [1.807, 2.05) is 25.5 Å². The fourth-order valence-corrected chi connectivity index (χ4v) is 2.39. The number of benzene rings is 1. The van der Waals surface area contributed by atoms with Crippen molar-refractivity contribution in [2.24, 2.45) is 0 Å². The lowest BCUT2D eigenvalue weighted by Gasteiger charge is -2.09. The van der Waals surface area contributed by atoms with Crippen LogP contribution in [0.2, 0.25) is 0 Å². The van der Waals surface area contributed by atoms with Crippen molar-refractivity contribution in [3.63, 3.8) is 0 Å². The molecule has 0 aliphatic carbocycles. The molecular weight excluding hydrogens is 248 g/mol. The van der Waals surface area contributed by atoms with Gasteiger partial charge in [0.25, 0.3) is 0 Å². The first kappa shape index (κ1) is 12.8. The number of nitrogens with zero attached hydrogens (tertiary/aromatic N) is 3. The van der Waals surface area contributed by atoms with E-state index >= 15 is 0 Å². The maximum Gasteiger partial charge on any atom is 0.0946 e. The van der Waals surface area contributed by atoms with Gasteiger partial charge in [-0.1, -0.05) is 18.2 Å². The summed E-state index contributed by atoms with van der Waals surface area (Å²) in [6, 6.07) is 10.5. The lowest BCUT2D eigenvalue weighted by molar-refractivity contribution is 0.598. The first-order valence-electron chi connectivity index (χ1n) is 6.84. The molecule has 0 spiro atoms. The zero-order chi connectivity index (χ0) is 13.8. The monoisotopic (exact) mass is 266 g/mol. The first-order valence-corrected chi connectivity index (χ1v) is 6.84. The minimum atomic E-state index is 0.860. The summed E-state index contributed by atoms with van der Waals surface area (Å²) in [4.78, 5) is 8.60. The Morgan fingerprint density at radius 2 is 2.15 bits per heavy atom. The van der Waals surface area contributed by atoms with Crippen LogP contribution in [0.4, 0.5) is 0 Å². The fourth-order valence-electron chi connectivity index (χ4n) is 2.39. The normalized spacial score (nSPS) is 11.1. The van der Waals surface area contributed by atoms with Crippen molar-refractivity contribution in [2.75, 3.05) is 6.54 Å². The number of fused-ring (bicyclic) bond motifs is 1. The molecule has 0 fully saturated rings. The van der Waals surface area contributed by atoms with E-state index in [1.54, 1.807) is 6.20 Å². The van der Waals surface area contributed by atoms with E-state index in [2.05, 4.69) is 44.1 Å². The number of rotatable bonds is 5. The molecule has 1 aromatic carbocycles. The van der Waals surface area contributed by atoms with Crippen LogP contribution in [0.3, 0.4) is 0 Å². The third kappa shape index (κ3) is 2.86. The van der Waals surface area contributed by atoms with Gasteiger partial charge in [0.2, 0.25) is 0 Å². The lowest BCUT2D eigenvalue weighted by atomic mass is 10.1. The summed E-state index contributed by atoms with van der Waals surface area (Å²) < 4.78 is 2.07. The van der Waals surface area contributed by atoms with E-state index in [9.17, 15) is 0 Å². The molecule has 3 rings (SSSR count). The Hall–Kier alpha value is -2.20. The summed E-state index contributed by atoms with van der Waals surface area (Å²) in [5.41, 5.74) is 3.44. The predicted octanol–water partition coefficient (Wildman–Crippen LogP) is 2.53. The van der Waals surface area contributed by atoms with Gasteiger partial charge in [-0.2, -0.15) is 0 Å². The predicted molar refractivity (Wildman–Crippen MR) is 80.4 cm³/mol. The molecule has 2 heterocycles. The molecule has 0 aliphatic heterocycles. The fraction of sp³-hybridized carbons (Fsp3) is 0.250. The minimum absolute atomic E-state index is 0.860. The Morgan fingerprint density at radius 3 is 3.00 bits per heavy atom. The number of aryl methyl sites for hydroxylation is 1. The molecule has 1 N–H and O–H groups in total. The SMILES string of the molecule is Cc1cc(CNCCn2ccnc2)c2ccccc2n1. The molecule has 4 heteroatoms. The largest absolute Gasteiger partial charge is 0.336 e. The van der Waals surface area contributed by atoms with Crippen LogP contribution in [-0.4, -0.2) is 21.1 Å². The van der Waals surface area contributed by atoms with Gasteiger partial charge in [0.05, 0.1) is 11.8 Å². The molecule has 0 amide bonds. The highest BCUT2D eigenvalue weighted by atomic mass is 15.0. The van der Waals surface area contributed by atoms with Crippen molar-refractivity contribution in [3.05, 3.63) is 60.3 Å². The minimum Gasteiger partial charge on any atom is -0.336 e. The molecular formula is C16H18N4. The number of nitrogens with one attached hydrogen (secondary N) is 1. The second kappa shape index (κ2) is 5.84. The van der Waals surface area contributed by atoms with E-state index in [-0.39, 0.29) is 0 Å². The molecule has 4 nitrogen and oxygen atoms in total. The van der Waals surface area contributed by atoms with Crippen molar-refractivity contribution in [1.82, 2.24) is 19.9 Å². The number of pyridine rings is 1. The quantitative estimate of drug-likeness (QED) is 0.722. The summed E-state index contributed by atoms with van der Waals surface area (Å²) >= 11 is 0. The van der Waals surface area contributed by atoms with Crippen LogP contribution in [0.25, 0.3) is 10.9 Å². The van der Waals surface area contributed by atoms with E-state index in [1.165, 1.54) is 10.9 Å². The highest BCUT2D eigenvalue weighted by molar-refractivity contribution is 5.82. The van der Waals surface area contributed by atoms with Gasteiger partial charge in [-0.25, -0.2) is 4.98 Å². The second-order valence-corrected chi connectivity index (χ2v) is 4.92. The van der Waals surface area contributed by atoms with Crippen LogP contribution in [0.5, 0.6) is 0 Å². The summed E-state index contributed by atoms with van der Waals surface area (Å²) in [5, 5.41) is 4.71. The molecule has 3 aromatic rings. The molecule has 0 bridgehead atoms. The maximum absolute atomic E-state index is 4.57. The lowest BCUT2D eigenvalue weighted by Crippen LogP contribution is -2.19. The van der Waals surface area contributed by atoms with Crippen molar-refractivity contribution < 1.29 is 0 Å². The van der Waals surface area contributed by atoms with E-state index in [0.29, 0.717) is 0 Å². The third-order valence-electron chi connectivity index (χ3n) is 3.35. The standard InChI is InChI=1S/C16H18N4/c1-13-10-14(15-4-2-3-5-16(15)19-13)11-17-6-8-20-9-7-18-12-20/h2-5,7,9-10,12,17H,6,8,11H2,1H3. The molecule has 0 atom stereocenters. The number of hydrogen-bond acceptors (Lipinski definition) is 3. The molecule has 20 heavy (non-hydrogen) atoms. The van der Waals surface area contributed by atoms with Gasteiger partial charge in [-0.05, 0) is 24.6 Å². The van der Waals surface area contributed by atoms with Crippen LogP contribution < -0.4 is 5.32 Å². The highest BCUT2D eigenvalue weighted by Crippen LogP contribution is 2.17. The summed E-state index contributed by atoms with van der Waals surface area (Å²) in [6.07, 6.45) is 5.63. The number of hydrogen-bond donors (Lipinski definition) is 1. The van der Waals surface area contributed by atoms with Crippen molar-refractivity contribution in [1.29, 1.82) is 0 Å². The zero-order valence-electron chi connectivity index (χ0n) is 11.6.